The Kier molecular flexibility index (Phi) is 6.33. The third kappa shape index (κ3) is 5.69. The summed E-state index contributed by atoms with van der Waals surface area (Å²) in [6.07, 6.45) is 1.17. The fraction of sp³-hybridized carbons (Fsp3) is 0.316. The smallest absolute Gasteiger partial charge is 0.294 e. The molecule has 0 aliphatic heterocycles. The summed E-state index contributed by atoms with van der Waals surface area (Å²) in [5.41, 5.74) is 1.84. The number of ether oxygens (including phenoxy) is 1. The van der Waals surface area contributed by atoms with Gasteiger partial charge in [-0.1, -0.05) is 38.1 Å². The second-order valence-corrected chi connectivity index (χ2v) is 7.43. The highest BCUT2D eigenvalue weighted by molar-refractivity contribution is 7.85. The van der Waals surface area contributed by atoms with Gasteiger partial charge in [0.2, 0.25) is 0 Å². The number of benzene rings is 2. The van der Waals surface area contributed by atoms with E-state index in [1.807, 2.05) is 24.3 Å². The van der Waals surface area contributed by atoms with Crippen molar-refractivity contribution < 1.29 is 22.5 Å². The molecule has 0 aliphatic rings. The minimum atomic E-state index is -4.22. The molecule has 2 rings (SSSR count). The quantitative estimate of drug-likeness (QED) is 0.725. The third-order valence-electron chi connectivity index (χ3n) is 4.06. The zero-order chi connectivity index (χ0) is 18.4. The highest BCUT2D eigenvalue weighted by Crippen LogP contribution is 2.23. The lowest BCUT2D eigenvalue weighted by molar-refractivity contribution is -0.120. The summed E-state index contributed by atoms with van der Waals surface area (Å²) in [4.78, 5) is 11.9. The van der Waals surface area contributed by atoms with Crippen molar-refractivity contribution in [2.45, 2.75) is 37.5 Å². The van der Waals surface area contributed by atoms with E-state index in [1.54, 1.807) is 0 Å². The fourth-order valence-corrected chi connectivity index (χ4v) is 2.85. The average Bonchev–Trinajstić information content (AvgIpc) is 2.59. The van der Waals surface area contributed by atoms with Crippen LogP contribution >= 0.6 is 0 Å². The molecule has 0 bridgehead atoms. The maximum atomic E-state index is 12.0. The highest BCUT2D eigenvalue weighted by Gasteiger charge is 2.11. The molecule has 0 radical (unpaired) electrons. The van der Waals surface area contributed by atoms with Crippen molar-refractivity contribution in [2.75, 3.05) is 6.61 Å². The van der Waals surface area contributed by atoms with Crippen LogP contribution in [0.5, 0.6) is 5.75 Å². The van der Waals surface area contributed by atoms with Gasteiger partial charge in [0, 0.05) is 6.42 Å². The molecule has 2 aromatic rings. The molecule has 1 atom stereocenters. The number of carbonyl (C=O) groups is 1. The van der Waals surface area contributed by atoms with E-state index in [9.17, 15) is 13.2 Å². The summed E-state index contributed by atoms with van der Waals surface area (Å²) >= 11 is 0. The summed E-state index contributed by atoms with van der Waals surface area (Å²) < 4.78 is 36.5. The standard InChI is InChI=1S/C19H22O5S/c1-3-14(2)16-5-4-6-18(12-16)24-13-17(20)11-15-7-9-19(10-8-15)25(21,22)23/h4-10,12,14H,3,11,13H2,1-2H3,(H,21,22,23). The van der Waals surface area contributed by atoms with Crippen LogP contribution in [0.2, 0.25) is 0 Å². The SMILES string of the molecule is CCC(C)c1cccc(OCC(=O)Cc2ccc(S(=O)(=O)O)cc2)c1. The summed E-state index contributed by atoms with van der Waals surface area (Å²) in [6, 6.07) is 13.3. The number of hydrogen-bond donors (Lipinski definition) is 1. The molecular weight excluding hydrogens is 340 g/mol. The zero-order valence-corrected chi connectivity index (χ0v) is 15.1. The van der Waals surface area contributed by atoms with Crippen LogP contribution in [0.15, 0.2) is 53.4 Å². The molecule has 0 aromatic heterocycles. The van der Waals surface area contributed by atoms with Crippen molar-refractivity contribution in [3.8, 4) is 5.75 Å². The number of rotatable bonds is 8. The molecular formula is C19H22O5S. The predicted octanol–water partition coefficient (Wildman–Crippen LogP) is 3.64. The van der Waals surface area contributed by atoms with Crippen LogP contribution in [0.3, 0.4) is 0 Å². The molecule has 0 amide bonds. The lowest BCUT2D eigenvalue weighted by atomic mass is 9.99. The van der Waals surface area contributed by atoms with Gasteiger partial charge in [0.15, 0.2) is 5.78 Å². The molecule has 0 saturated heterocycles. The largest absolute Gasteiger partial charge is 0.486 e. The van der Waals surface area contributed by atoms with Crippen LogP contribution in [0.4, 0.5) is 0 Å². The summed E-state index contributed by atoms with van der Waals surface area (Å²) in [6.45, 7) is 4.21. The van der Waals surface area contributed by atoms with Gasteiger partial charge in [-0.3, -0.25) is 9.35 Å². The minimum absolute atomic E-state index is 0.0516. The van der Waals surface area contributed by atoms with Crippen LogP contribution < -0.4 is 4.74 Å². The van der Waals surface area contributed by atoms with E-state index in [0.29, 0.717) is 17.2 Å². The van der Waals surface area contributed by atoms with Gasteiger partial charge in [0.05, 0.1) is 4.90 Å². The Morgan fingerprint density at radius 3 is 2.44 bits per heavy atom. The third-order valence-corrected chi connectivity index (χ3v) is 4.93. The van der Waals surface area contributed by atoms with Gasteiger partial charge in [-0.2, -0.15) is 8.42 Å². The second kappa shape index (κ2) is 8.27. The van der Waals surface area contributed by atoms with E-state index in [4.69, 9.17) is 9.29 Å². The van der Waals surface area contributed by atoms with Crippen LogP contribution in [0.1, 0.15) is 37.3 Å². The second-order valence-electron chi connectivity index (χ2n) is 6.00. The lowest BCUT2D eigenvalue weighted by Crippen LogP contribution is -2.14. The van der Waals surface area contributed by atoms with Gasteiger partial charge in [0.25, 0.3) is 10.1 Å². The van der Waals surface area contributed by atoms with Crippen molar-refractivity contribution in [3.05, 3.63) is 59.7 Å². The Hall–Kier alpha value is -2.18. The molecule has 0 spiro atoms. The van der Waals surface area contributed by atoms with E-state index in [2.05, 4.69) is 13.8 Å². The lowest BCUT2D eigenvalue weighted by Gasteiger charge is -2.11. The van der Waals surface area contributed by atoms with Gasteiger partial charge < -0.3 is 4.74 Å². The highest BCUT2D eigenvalue weighted by atomic mass is 32.2. The zero-order valence-electron chi connectivity index (χ0n) is 14.3. The van der Waals surface area contributed by atoms with E-state index in [1.165, 1.54) is 29.8 Å². The Bertz CT molecular complexity index is 825. The number of Topliss-reactive ketones (excluding diaryl/α,β-unsaturated/α-hetero) is 1. The molecule has 0 saturated carbocycles. The van der Waals surface area contributed by atoms with Crippen LogP contribution in [-0.2, 0) is 21.3 Å². The Labute approximate surface area is 148 Å². The van der Waals surface area contributed by atoms with Gasteiger partial charge in [-0.25, -0.2) is 0 Å². The molecule has 0 aliphatic carbocycles. The molecule has 1 unspecified atom stereocenters. The minimum Gasteiger partial charge on any atom is -0.486 e. The molecule has 1 N–H and O–H groups in total. The predicted molar refractivity (Wildman–Crippen MR) is 95.6 cm³/mol. The van der Waals surface area contributed by atoms with Crippen LogP contribution in [-0.4, -0.2) is 25.4 Å². The van der Waals surface area contributed by atoms with E-state index in [-0.39, 0.29) is 23.7 Å². The molecule has 25 heavy (non-hydrogen) atoms. The first-order chi connectivity index (χ1) is 11.8. The van der Waals surface area contributed by atoms with E-state index < -0.39 is 10.1 Å². The van der Waals surface area contributed by atoms with Crippen molar-refractivity contribution in [3.63, 3.8) is 0 Å². The van der Waals surface area contributed by atoms with Gasteiger partial charge in [-0.05, 0) is 47.7 Å². The van der Waals surface area contributed by atoms with Gasteiger partial charge in [0.1, 0.15) is 12.4 Å². The number of hydrogen-bond acceptors (Lipinski definition) is 4. The Balaban J connectivity index is 1.93. The first-order valence-electron chi connectivity index (χ1n) is 8.10. The maximum absolute atomic E-state index is 12.0. The topological polar surface area (TPSA) is 80.7 Å². The van der Waals surface area contributed by atoms with Crippen LogP contribution in [0, 0.1) is 0 Å². The molecule has 6 heteroatoms. The number of carbonyl (C=O) groups excluding carboxylic acids is 1. The van der Waals surface area contributed by atoms with Crippen molar-refractivity contribution in [1.29, 1.82) is 0 Å². The van der Waals surface area contributed by atoms with Crippen molar-refractivity contribution >= 4 is 15.9 Å². The molecule has 134 valence electrons. The van der Waals surface area contributed by atoms with Crippen molar-refractivity contribution in [1.82, 2.24) is 0 Å². The first kappa shape index (κ1) is 19.1. The Morgan fingerprint density at radius 2 is 1.84 bits per heavy atom. The molecule has 5 nitrogen and oxygen atoms in total. The van der Waals surface area contributed by atoms with E-state index >= 15 is 0 Å². The average molecular weight is 362 g/mol. The molecule has 0 fully saturated rings. The van der Waals surface area contributed by atoms with Gasteiger partial charge >= 0.3 is 0 Å². The first-order valence-corrected chi connectivity index (χ1v) is 9.54. The van der Waals surface area contributed by atoms with E-state index in [0.717, 1.165) is 6.42 Å². The number of ketones is 1. The normalized spacial score (nSPS) is 12.6. The van der Waals surface area contributed by atoms with Crippen molar-refractivity contribution in [2.24, 2.45) is 0 Å². The Morgan fingerprint density at radius 1 is 1.16 bits per heavy atom. The van der Waals surface area contributed by atoms with Gasteiger partial charge in [-0.15, -0.1) is 0 Å². The monoisotopic (exact) mass is 362 g/mol. The molecule has 0 heterocycles. The molecule has 2 aromatic carbocycles. The summed E-state index contributed by atoms with van der Waals surface area (Å²) in [5, 5.41) is 0. The summed E-state index contributed by atoms with van der Waals surface area (Å²) in [5.74, 6) is 0.974. The fourth-order valence-electron chi connectivity index (χ4n) is 2.37. The van der Waals surface area contributed by atoms with Crippen LogP contribution in [0.25, 0.3) is 0 Å². The summed E-state index contributed by atoms with van der Waals surface area (Å²) in [7, 11) is -4.22. The maximum Gasteiger partial charge on any atom is 0.294 e.